The van der Waals surface area contributed by atoms with Crippen LogP contribution in [0.15, 0.2) is 35.7 Å². The summed E-state index contributed by atoms with van der Waals surface area (Å²) in [5, 5.41) is 12.4. The van der Waals surface area contributed by atoms with Crippen LogP contribution in [-0.4, -0.2) is 47.2 Å². The second-order valence-electron chi connectivity index (χ2n) is 5.17. The third kappa shape index (κ3) is 6.18. The van der Waals surface area contributed by atoms with Gasteiger partial charge in [0.2, 0.25) is 0 Å². The molecule has 6 nitrogen and oxygen atoms in total. The van der Waals surface area contributed by atoms with Crippen LogP contribution in [0.1, 0.15) is 21.1 Å². The number of nitrogens with two attached hydrogens (primary N) is 1. The number of hydrogen-bond donors (Lipinski definition) is 2. The lowest BCUT2D eigenvalue weighted by Crippen LogP contribution is -2.36. The van der Waals surface area contributed by atoms with Gasteiger partial charge >= 0.3 is 0 Å². The number of aliphatic hydroxyl groups excluding tert-OH is 1. The van der Waals surface area contributed by atoms with Gasteiger partial charge in [0.15, 0.2) is 0 Å². The molecule has 2 rings (SSSR count). The average Bonchev–Trinajstić information content (AvgIpc) is 3.04. The number of halogens is 1. The summed E-state index contributed by atoms with van der Waals surface area (Å²) in [6.45, 7) is 1.10. The van der Waals surface area contributed by atoms with E-state index in [1.807, 2.05) is 30.3 Å². The molecule has 1 amide bonds. The number of ether oxygens (including phenoxy) is 1. The Bertz CT molecular complexity index is 624. The largest absolute Gasteiger partial charge is 0.389 e. The zero-order valence-electron chi connectivity index (χ0n) is 13.4. The van der Waals surface area contributed by atoms with E-state index < -0.39 is 6.10 Å². The molecule has 0 bridgehead atoms. The maximum Gasteiger partial charge on any atom is 0.273 e. The third-order valence-corrected chi connectivity index (χ3v) is 4.07. The average molecular weight is 372 g/mol. The Hall–Kier alpha value is -1.51. The van der Waals surface area contributed by atoms with Crippen LogP contribution in [-0.2, 0) is 17.9 Å². The highest BCUT2D eigenvalue weighted by Gasteiger charge is 2.18. The fourth-order valence-electron chi connectivity index (χ4n) is 2.04. The lowest BCUT2D eigenvalue weighted by Gasteiger charge is -2.20. The van der Waals surface area contributed by atoms with E-state index in [2.05, 4.69) is 4.98 Å². The minimum Gasteiger partial charge on any atom is -0.389 e. The first-order valence-electron chi connectivity index (χ1n) is 7.29. The lowest BCUT2D eigenvalue weighted by molar-refractivity contribution is 0.0136. The molecular formula is C16H22ClN3O3S. The molecule has 0 aliphatic carbocycles. The number of aliphatic hydroxyl groups is 1. The van der Waals surface area contributed by atoms with Gasteiger partial charge in [-0.15, -0.1) is 23.7 Å². The van der Waals surface area contributed by atoms with Crippen LogP contribution in [0, 0.1) is 0 Å². The van der Waals surface area contributed by atoms with Crippen LogP contribution in [0.2, 0.25) is 0 Å². The minimum atomic E-state index is -0.750. The molecule has 0 aliphatic heterocycles. The summed E-state index contributed by atoms with van der Waals surface area (Å²) < 4.78 is 5.47. The van der Waals surface area contributed by atoms with Crippen molar-refractivity contribution in [1.29, 1.82) is 0 Å². The molecule has 132 valence electrons. The Morgan fingerprint density at radius 1 is 1.42 bits per heavy atom. The van der Waals surface area contributed by atoms with E-state index in [-0.39, 0.29) is 31.5 Å². The third-order valence-electron chi connectivity index (χ3n) is 3.20. The number of carbonyl (C=O) groups excluding carboxylic acids is 1. The Labute approximate surface area is 151 Å². The van der Waals surface area contributed by atoms with E-state index in [0.717, 1.165) is 5.56 Å². The van der Waals surface area contributed by atoms with Gasteiger partial charge < -0.3 is 20.5 Å². The first kappa shape index (κ1) is 20.5. The van der Waals surface area contributed by atoms with Gasteiger partial charge in [-0.05, 0) is 5.56 Å². The number of carbonyl (C=O) groups is 1. The van der Waals surface area contributed by atoms with Gasteiger partial charge in [0.05, 0.1) is 19.3 Å². The Balaban J connectivity index is 0.00000288. The zero-order chi connectivity index (χ0) is 16.7. The summed E-state index contributed by atoms with van der Waals surface area (Å²) in [5.41, 5.74) is 6.89. The number of aromatic nitrogens is 1. The molecule has 0 spiro atoms. The van der Waals surface area contributed by atoms with Gasteiger partial charge in [-0.2, -0.15) is 0 Å². The predicted molar refractivity (Wildman–Crippen MR) is 96.3 cm³/mol. The molecule has 0 fully saturated rings. The van der Waals surface area contributed by atoms with Crippen LogP contribution in [0.3, 0.4) is 0 Å². The van der Waals surface area contributed by atoms with Crippen molar-refractivity contribution in [3.8, 4) is 0 Å². The number of benzene rings is 1. The molecule has 0 radical (unpaired) electrons. The standard InChI is InChI=1S/C16H21N3O3S.ClH/c1-19(16(21)14-11-23-15(7-17)18-14)8-13(20)10-22-9-12-5-3-2-4-6-12;/h2-6,11,13,20H,7-10,17H2,1H3;1H. The van der Waals surface area contributed by atoms with E-state index in [0.29, 0.717) is 23.9 Å². The highest BCUT2D eigenvalue weighted by Crippen LogP contribution is 2.11. The normalized spacial score (nSPS) is 11.6. The molecule has 3 N–H and O–H groups in total. The van der Waals surface area contributed by atoms with Gasteiger partial charge in [0.1, 0.15) is 10.7 Å². The SMILES string of the molecule is CN(CC(O)COCc1ccccc1)C(=O)c1csc(CN)n1.Cl. The quantitative estimate of drug-likeness (QED) is 0.736. The van der Waals surface area contributed by atoms with Crippen molar-refractivity contribution >= 4 is 29.7 Å². The Morgan fingerprint density at radius 3 is 2.75 bits per heavy atom. The van der Waals surface area contributed by atoms with E-state index in [9.17, 15) is 9.90 Å². The summed E-state index contributed by atoms with van der Waals surface area (Å²) >= 11 is 1.35. The minimum absolute atomic E-state index is 0. The van der Waals surface area contributed by atoms with Crippen molar-refractivity contribution in [2.45, 2.75) is 19.3 Å². The van der Waals surface area contributed by atoms with Gasteiger partial charge in [0, 0.05) is 25.5 Å². The van der Waals surface area contributed by atoms with E-state index in [1.165, 1.54) is 16.2 Å². The highest BCUT2D eigenvalue weighted by atomic mass is 35.5. The van der Waals surface area contributed by atoms with Crippen LogP contribution >= 0.6 is 23.7 Å². The first-order valence-corrected chi connectivity index (χ1v) is 8.17. The van der Waals surface area contributed by atoms with Crippen molar-refractivity contribution in [2.24, 2.45) is 5.73 Å². The van der Waals surface area contributed by atoms with Gasteiger partial charge in [0.25, 0.3) is 5.91 Å². The summed E-state index contributed by atoms with van der Waals surface area (Å²) in [6, 6.07) is 9.72. The van der Waals surface area contributed by atoms with E-state index in [4.69, 9.17) is 10.5 Å². The number of nitrogens with zero attached hydrogens (tertiary/aromatic N) is 2. The number of rotatable bonds is 8. The number of likely N-dealkylation sites (N-methyl/N-ethyl adjacent to an activating group) is 1. The summed E-state index contributed by atoms with van der Waals surface area (Å²) in [7, 11) is 1.63. The zero-order valence-corrected chi connectivity index (χ0v) is 15.1. The van der Waals surface area contributed by atoms with Crippen molar-refractivity contribution in [3.05, 3.63) is 52.0 Å². The predicted octanol–water partition coefficient (Wildman–Crippen LogP) is 1.67. The molecular weight excluding hydrogens is 350 g/mol. The van der Waals surface area contributed by atoms with Crippen molar-refractivity contribution < 1.29 is 14.6 Å². The first-order chi connectivity index (χ1) is 11.1. The fraction of sp³-hybridized carbons (Fsp3) is 0.375. The van der Waals surface area contributed by atoms with Crippen molar-refractivity contribution in [3.63, 3.8) is 0 Å². The monoisotopic (exact) mass is 371 g/mol. The molecule has 1 aromatic carbocycles. The Kier molecular flexibility index (Phi) is 8.88. The van der Waals surface area contributed by atoms with Crippen molar-refractivity contribution in [2.75, 3.05) is 20.2 Å². The summed E-state index contributed by atoms with van der Waals surface area (Å²) in [5.74, 6) is -0.233. The van der Waals surface area contributed by atoms with Gasteiger partial charge in [-0.3, -0.25) is 4.79 Å². The van der Waals surface area contributed by atoms with Gasteiger partial charge in [-0.25, -0.2) is 4.98 Å². The smallest absolute Gasteiger partial charge is 0.273 e. The molecule has 1 heterocycles. The number of thiazole rings is 1. The second-order valence-corrected chi connectivity index (χ2v) is 6.11. The molecule has 2 aromatic rings. The van der Waals surface area contributed by atoms with Crippen LogP contribution in [0.5, 0.6) is 0 Å². The Morgan fingerprint density at radius 2 is 2.12 bits per heavy atom. The molecule has 1 aromatic heterocycles. The lowest BCUT2D eigenvalue weighted by atomic mass is 10.2. The number of amides is 1. The van der Waals surface area contributed by atoms with E-state index >= 15 is 0 Å². The topological polar surface area (TPSA) is 88.7 Å². The maximum atomic E-state index is 12.2. The fourth-order valence-corrected chi connectivity index (χ4v) is 2.69. The van der Waals surface area contributed by atoms with Crippen molar-refractivity contribution in [1.82, 2.24) is 9.88 Å². The molecule has 24 heavy (non-hydrogen) atoms. The molecule has 0 saturated carbocycles. The summed E-state index contributed by atoms with van der Waals surface area (Å²) in [4.78, 5) is 17.8. The highest BCUT2D eigenvalue weighted by molar-refractivity contribution is 7.09. The molecule has 0 saturated heterocycles. The molecule has 1 unspecified atom stereocenters. The van der Waals surface area contributed by atoms with Crippen LogP contribution in [0.25, 0.3) is 0 Å². The van der Waals surface area contributed by atoms with Crippen LogP contribution < -0.4 is 5.73 Å². The molecule has 0 aliphatic rings. The molecule has 8 heteroatoms. The summed E-state index contributed by atoms with van der Waals surface area (Å²) in [6.07, 6.45) is -0.750. The van der Waals surface area contributed by atoms with Crippen LogP contribution in [0.4, 0.5) is 0 Å². The van der Waals surface area contributed by atoms with E-state index in [1.54, 1.807) is 12.4 Å². The maximum absolute atomic E-state index is 12.2. The number of hydrogen-bond acceptors (Lipinski definition) is 6. The molecule has 1 atom stereocenters. The van der Waals surface area contributed by atoms with Gasteiger partial charge in [-0.1, -0.05) is 30.3 Å². The second kappa shape index (κ2) is 10.4.